The molecule has 0 aromatic heterocycles. The molecule has 1 radical (unpaired) electrons. The van der Waals surface area contributed by atoms with E-state index in [4.69, 9.17) is 0 Å². The molecule has 2 heterocycles. The Bertz CT molecular complexity index is 149. The maximum absolute atomic E-state index is 4.52. The number of piperidine rings is 1. The van der Waals surface area contributed by atoms with Crippen LogP contribution in [0.15, 0.2) is 5.10 Å². The van der Waals surface area contributed by atoms with Crippen molar-refractivity contribution in [1.29, 1.82) is 0 Å². The lowest BCUT2D eigenvalue weighted by Gasteiger charge is -2.28. The zero-order valence-electron chi connectivity index (χ0n) is 6.74. The molecular weight excluding hydrogens is 138 g/mol. The molecule has 0 saturated carbocycles. The molecule has 1 saturated heterocycles. The maximum atomic E-state index is 4.52. The van der Waals surface area contributed by atoms with Gasteiger partial charge in [0, 0.05) is 25.7 Å². The smallest absolute Gasteiger partial charge is 0.112 e. The summed E-state index contributed by atoms with van der Waals surface area (Å²) >= 11 is 0. The van der Waals surface area contributed by atoms with Gasteiger partial charge >= 0.3 is 0 Å². The molecule has 2 aliphatic heterocycles. The van der Waals surface area contributed by atoms with Crippen LogP contribution in [0.1, 0.15) is 25.7 Å². The first-order valence-electron chi connectivity index (χ1n) is 4.42. The van der Waals surface area contributed by atoms with Gasteiger partial charge in [-0.25, -0.2) is 5.32 Å². The minimum absolute atomic E-state index is 0.405. The minimum Gasteiger partial charge on any atom is -0.278 e. The van der Waals surface area contributed by atoms with Gasteiger partial charge in [0.05, 0.1) is 0 Å². The van der Waals surface area contributed by atoms with Gasteiger partial charge in [-0.2, -0.15) is 5.10 Å². The summed E-state index contributed by atoms with van der Waals surface area (Å²) in [5.74, 6) is 0. The molecule has 0 amide bonds. The Morgan fingerprint density at radius 3 is 3.00 bits per heavy atom. The van der Waals surface area contributed by atoms with E-state index < -0.39 is 0 Å². The summed E-state index contributed by atoms with van der Waals surface area (Å²) in [5.41, 5.74) is 0. The highest BCUT2D eigenvalue weighted by Crippen LogP contribution is 2.15. The van der Waals surface area contributed by atoms with E-state index >= 15 is 0 Å². The number of nitrogens with zero attached hydrogens (tertiary/aromatic N) is 3. The molecule has 3 heteroatoms. The van der Waals surface area contributed by atoms with Gasteiger partial charge in [0.2, 0.25) is 0 Å². The Labute approximate surface area is 67.5 Å². The topological polar surface area (TPSA) is 29.7 Å². The van der Waals surface area contributed by atoms with Crippen molar-refractivity contribution in [2.24, 2.45) is 5.10 Å². The van der Waals surface area contributed by atoms with Crippen LogP contribution >= 0.6 is 0 Å². The largest absolute Gasteiger partial charge is 0.278 e. The molecule has 11 heavy (non-hydrogen) atoms. The van der Waals surface area contributed by atoms with Gasteiger partial charge in [-0.3, -0.25) is 5.01 Å². The number of hydrogen-bond donors (Lipinski definition) is 0. The summed E-state index contributed by atoms with van der Waals surface area (Å²) in [6, 6.07) is 0. The second kappa shape index (κ2) is 3.22. The molecule has 2 rings (SSSR count). The van der Waals surface area contributed by atoms with Gasteiger partial charge in [0.1, 0.15) is 6.17 Å². The lowest BCUT2D eigenvalue weighted by Crippen LogP contribution is -2.40. The first-order valence-corrected chi connectivity index (χ1v) is 4.42. The van der Waals surface area contributed by atoms with Gasteiger partial charge in [-0.1, -0.05) is 0 Å². The first kappa shape index (κ1) is 7.10. The van der Waals surface area contributed by atoms with Crippen molar-refractivity contribution in [3.63, 3.8) is 0 Å². The fraction of sp³-hybridized carbons (Fsp3) is 0.875. The van der Waals surface area contributed by atoms with E-state index in [1.807, 2.05) is 6.21 Å². The zero-order valence-corrected chi connectivity index (χ0v) is 6.74. The van der Waals surface area contributed by atoms with Gasteiger partial charge in [-0.15, -0.1) is 0 Å². The fourth-order valence-corrected chi connectivity index (χ4v) is 1.65. The Balaban J connectivity index is 1.87. The Morgan fingerprint density at radius 1 is 1.36 bits per heavy atom. The molecule has 0 aliphatic carbocycles. The number of hydrogen-bond acceptors (Lipinski definition) is 2. The first-order chi connectivity index (χ1) is 5.47. The summed E-state index contributed by atoms with van der Waals surface area (Å²) in [6.45, 7) is 2.12. The molecule has 1 atom stereocenters. The van der Waals surface area contributed by atoms with Crippen LogP contribution in [0.5, 0.6) is 0 Å². The molecule has 0 spiro atoms. The molecule has 0 N–H and O–H groups in total. The van der Waals surface area contributed by atoms with Crippen molar-refractivity contribution in [3.8, 4) is 0 Å². The summed E-state index contributed by atoms with van der Waals surface area (Å²) in [7, 11) is 0. The SMILES string of the molecule is C1=NN(C2CCCC[N]2)CC1. The van der Waals surface area contributed by atoms with E-state index in [2.05, 4.69) is 15.4 Å². The van der Waals surface area contributed by atoms with Gasteiger partial charge in [0.25, 0.3) is 0 Å². The normalized spacial score (nSPS) is 31.3. The average molecular weight is 152 g/mol. The predicted octanol–water partition coefficient (Wildman–Crippen LogP) is 0.792. The highest BCUT2D eigenvalue weighted by Gasteiger charge is 2.21. The van der Waals surface area contributed by atoms with Crippen LogP contribution in [-0.4, -0.2) is 30.5 Å². The van der Waals surface area contributed by atoms with Gasteiger partial charge in [0.15, 0.2) is 0 Å². The van der Waals surface area contributed by atoms with E-state index in [1.165, 1.54) is 19.3 Å². The number of hydrazone groups is 1. The molecule has 1 fully saturated rings. The predicted molar refractivity (Wildman–Crippen MR) is 44.5 cm³/mol. The highest BCUT2D eigenvalue weighted by atomic mass is 15.5. The standard InChI is InChI=1S/C8H14N3/c1-2-5-9-8(4-1)11-7-3-6-10-11/h6,8H,1-5,7H2. The Hall–Kier alpha value is -0.570. The molecule has 0 bridgehead atoms. The third-order valence-electron chi connectivity index (χ3n) is 2.27. The van der Waals surface area contributed by atoms with E-state index in [-0.39, 0.29) is 0 Å². The number of rotatable bonds is 1. The average Bonchev–Trinajstić information content (AvgIpc) is 2.58. The molecule has 0 aromatic rings. The third kappa shape index (κ3) is 1.53. The van der Waals surface area contributed by atoms with Crippen LogP contribution in [0.3, 0.4) is 0 Å². The summed E-state index contributed by atoms with van der Waals surface area (Å²) in [6.07, 6.45) is 7.30. The summed E-state index contributed by atoms with van der Waals surface area (Å²) in [5, 5.41) is 10.9. The van der Waals surface area contributed by atoms with Crippen LogP contribution in [0.4, 0.5) is 0 Å². The van der Waals surface area contributed by atoms with Crippen LogP contribution in [-0.2, 0) is 0 Å². The second-order valence-electron chi connectivity index (χ2n) is 3.13. The molecule has 2 aliphatic rings. The summed E-state index contributed by atoms with van der Waals surface area (Å²) in [4.78, 5) is 0. The van der Waals surface area contributed by atoms with E-state index in [0.29, 0.717) is 6.17 Å². The molecular formula is C8H14N3. The third-order valence-corrected chi connectivity index (χ3v) is 2.27. The fourth-order valence-electron chi connectivity index (χ4n) is 1.65. The maximum Gasteiger partial charge on any atom is 0.112 e. The monoisotopic (exact) mass is 152 g/mol. The quantitative estimate of drug-likeness (QED) is 0.546. The minimum atomic E-state index is 0.405. The summed E-state index contributed by atoms with van der Waals surface area (Å²) < 4.78 is 0. The van der Waals surface area contributed by atoms with Crippen LogP contribution in [0.2, 0.25) is 0 Å². The van der Waals surface area contributed by atoms with Crippen molar-refractivity contribution >= 4 is 6.21 Å². The van der Waals surface area contributed by atoms with Crippen LogP contribution < -0.4 is 5.32 Å². The van der Waals surface area contributed by atoms with Gasteiger partial charge < -0.3 is 0 Å². The van der Waals surface area contributed by atoms with E-state index in [0.717, 1.165) is 19.5 Å². The molecule has 61 valence electrons. The van der Waals surface area contributed by atoms with E-state index in [1.54, 1.807) is 0 Å². The van der Waals surface area contributed by atoms with Crippen LogP contribution in [0.25, 0.3) is 0 Å². The zero-order chi connectivity index (χ0) is 7.52. The van der Waals surface area contributed by atoms with Crippen molar-refractivity contribution in [3.05, 3.63) is 0 Å². The van der Waals surface area contributed by atoms with Crippen molar-refractivity contribution in [2.45, 2.75) is 31.8 Å². The van der Waals surface area contributed by atoms with E-state index in [9.17, 15) is 0 Å². The Kier molecular flexibility index (Phi) is 2.08. The molecule has 1 unspecified atom stereocenters. The van der Waals surface area contributed by atoms with Crippen molar-refractivity contribution in [2.75, 3.05) is 13.1 Å². The lowest BCUT2D eigenvalue weighted by molar-refractivity contribution is 0.154. The van der Waals surface area contributed by atoms with Crippen molar-refractivity contribution < 1.29 is 0 Å². The molecule has 3 nitrogen and oxygen atoms in total. The molecule has 0 aromatic carbocycles. The highest BCUT2D eigenvalue weighted by molar-refractivity contribution is 5.58. The lowest BCUT2D eigenvalue weighted by atomic mass is 10.1. The van der Waals surface area contributed by atoms with Crippen LogP contribution in [0, 0.1) is 0 Å². The van der Waals surface area contributed by atoms with Crippen molar-refractivity contribution in [1.82, 2.24) is 10.3 Å². The second-order valence-corrected chi connectivity index (χ2v) is 3.13. The Morgan fingerprint density at radius 2 is 2.36 bits per heavy atom. The van der Waals surface area contributed by atoms with Gasteiger partial charge in [-0.05, 0) is 19.3 Å².